The van der Waals surface area contributed by atoms with Crippen molar-refractivity contribution in [1.29, 1.82) is 0 Å². The lowest BCUT2D eigenvalue weighted by Gasteiger charge is -2.22. The van der Waals surface area contributed by atoms with Crippen molar-refractivity contribution in [3.8, 4) is 11.4 Å². The lowest BCUT2D eigenvalue weighted by Crippen LogP contribution is -2.33. The molecule has 0 aliphatic carbocycles. The van der Waals surface area contributed by atoms with Crippen molar-refractivity contribution in [2.75, 3.05) is 17.2 Å². The van der Waals surface area contributed by atoms with Gasteiger partial charge in [0, 0.05) is 41.2 Å². The summed E-state index contributed by atoms with van der Waals surface area (Å²) in [4.78, 5) is 20.4. The number of carbonyl (C=O) groups is 1. The van der Waals surface area contributed by atoms with Gasteiger partial charge in [-0.05, 0) is 30.7 Å². The fourth-order valence-corrected chi connectivity index (χ4v) is 5.28. The molecule has 0 saturated heterocycles. The highest BCUT2D eigenvalue weighted by Gasteiger charge is 2.25. The van der Waals surface area contributed by atoms with Crippen LogP contribution in [0.2, 0.25) is 0 Å². The van der Waals surface area contributed by atoms with Crippen LogP contribution in [-0.4, -0.2) is 43.2 Å². The third-order valence-electron chi connectivity index (χ3n) is 4.82. The zero-order valence-corrected chi connectivity index (χ0v) is 18.4. The second-order valence-electron chi connectivity index (χ2n) is 6.97. The number of nitrogens with zero attached hydrogens (tertiary/aromatic N) is 5. The van der Waals surface area contributed by atoms with Gasteiger partial charge in [-0.25, -0.2) is 0 Å². The van der Waals surface area contributed by atoms with Crippen LogP contribution in [0.3, 0.4) is 0 Å². The molecule has 1 atom stereocenters. The minimum atomic E-state index is 0.0817. The van der Waals surface area contributed by atoms with Crippen LogP contribution >= 0.6 is 23.5 Å². The Hall–Kier alpha value is -2.58. The summed E-state index contributed by atoms with van der Waals surface area (Å²) in [6.45, 7) is 7.35. The number of para-hydroxylation sites is 1. The molecule has 3 aromatic rings. The summed E-state index contributed by atoms with van der Waals surface area (Å²) in [5, 5.41) is 9.84. The van der Waals surface area contributed by atoms with Gasteiger partial charge in [-0.3, -0.25) is 14.3 Å². The summed E-state index contributed by atoms with van der Waals surface area (Å²) in [5.74, 6) is 1.11. The molecule has 0 bridgehead atoms. The van der Waals surface area contributed by atoms with Gasteiger partial charge in [0.15, 0.2) is 11.0 Å². The predicted molar refractivity (Wildman–Crippen MR) is 123 cm³/mol. The van der Waals surface area contributed by atoms with Gasteiger partial charge in [0.1, 0.15) is 0 Å². The lowest BCUT2D eigenvalue weighted by atomic mass is 10.2. The topological polar surface area (TPSA) is 63.9 Å². The van der Waals surface area contributed by atoms with Gasteiger partial charge in [-0.15, -0.1) is 28.5 Å². The smallest absolute Gasteiger partial charge is 0.237 e. The van der Waals surface area contributed by atoms with Crippen LogP contribution in [0.15, 0.2) is 71.5 Å². The van der Waals surface area contributed by atoms with Crippen LogP contribution in [0, 0.1) is 0 Å². The van der Waals surface area contributed by atoms with Gasteiger partial charge in [0.2, 0.25) is 5.91 Å². The van der Waals surface area contributed by atoms with Gasteiger partial charge in [-0.2, -0.15) is 0 Å². The maximum atomic E-state index is 13.1. The average Bonchev–Trinajstić information content (AvgIpc) is 3.08. The summed E-state index contributed by atoms with van der Waals surface area (Å²) >= 11 is 3.24. The van der Waals surface area contributed by atoms with Crippen molar-refractivity contribution in [3.63, 3.8) is 0 Å². The predicted octanol–water partition coefficient (Wildman–Crippen LogP) is 4.54. The van der Waals surface area contributed by atoms with Crippen molar-refractivity contribution < 1.29 is 4.79 Å². The van der Waals surface area contributed by atoms with Crippen molar-refractivity contribution in [3.05, 3.63) is 61.4 Å². The first-order valence-electron chi connectivity index (χ1n) is 9.80. The van der Waals surface area contributed by atoms with E-state index in [2.05, 4.69) is 34.8 Å². The van der Waals surface area contributed by atoms with E-state index < -0.39 is 0 Å². The number of carbonyl (C=O) groups excluding carboxylic acids is 1. The molecule has 1 amide bonds. The molecule has 1 aromatic carbocycles. The minimum absolute atomic E-state index is 0.0817. The summed E-state index contributed by atoms with van der Waals surface area (Å²) in [5.41, 5.74) is 1.89. The minimum Gasteiger partial charge on any atom is -0.311 e. The molecule has 0 radical (unpaired) electrons. The van der Waals surface area contributed by atoms with E-state index >= 15 is 0 Å². The fourth-order valence-electron chi connectivity index (χ4n) is 3.35. The van der Waals surface area contributed by atoms with Gasteiger partial charge in [0.05, 0.1) is 11.4 Å². The van der Waals surface area contributed by atoms with E-state index in [0.717, 1.165) is 34.9 Å². The van der Waals surface area contributed by atoms with Crippen LogP contribution in [0.25, 0.3) is 11.4 Å². The summed E-state index contributed by atoms with van der Waals surface area (Å²) in [6.07, 6.45) is 6.26. The number of amides is 1. The Kier molecular flexibility index (Phi) is 6.54. The number of hydrogen-bond donors (Lipinski definition) is 0. The molecule has 0 saturated carbocycles. The van der Waals surface area contributed by atoms with Crippen molar-refractivity contribution in [1.82, 2.24) is 19.7 Å². The zero-order chi connectivity index (χ0) is 20.9. The SMILES string of the molecule is C=CCn1c(SCC(=O)N2CC[C@@H](C)Sc3ccccc32)nnc1-c1cccnc1. The second kappa shape index (κ2) is 9.49. The summed E-state index contributed by atoms with van der Waals surface area (Å²) in [7, 11) is 0. The maximum Gasteiger partial charge on any atom is 0.237 e. The van der Waals surface area contributed by atoms with E-state index in [9.17, 15) is 4.79 Å². The van der Waals surface area contributed by atoms with Crippen LogP contribution in [0.5, 0.6) is 0 Å². The first-order chi connectivity index (χ1) is 14.7. The number of pyridine rings is 1. The Morgan fingerprint density at radius 2 is 2.17 bits per heavy atom. The number of allylic oxidation sites excluding steroid dienone is 1. The van der Waals surface area contributed by atoms with Crippen molar-refractivity contribution in [2.24, 2.45) is 0 Å². The standard InChI is InChI=1S/C22H23N5OS2/c1-3-12-27-21(17-7-6-11-23-14-17)24-25-22(27)29-15-20(28)26-13-10-16(2)30-19-9-5-4-8-18(19)26/h3-9,11,14,16H,1,10,12-13,15H2,2H3/t16-/m1/s1. The fraction of sp³-hybridized carbons (Fsp3) is 0.273. The number of hydrogen-bond acceptors (Lipinski definition) is 6. The second-order valence-corrected chi connectivity index (χ2v) is 9.39. The molecule has 1 aliphatic rings. The number of rotatable bonds is 6. The number of thioether (sulfide) groups is 2. The highest BCUT2D eigenvalue weighted by Crippen LogP contribution is 2.37. The van der Waals surface area contributed by atoms with Gasteiger partial charge >= 0.3 is 0 Å². The molecular formula is C22H23N5OS2. The molecule has 0 fully saturated rings. The Labute approximate surface area is 184 Å². The third kappa shape index (κ3) is 4.44. The van der Waals surface area contributed by atoms with Crippen molar-refractivity contribution in [2.45, 2.75) is 35.2 Å². The Morgan fingerprint density at radius 1 is 1.30 bits per heavy atom. The monoisotopic (exact) mass is 437 g/mol. The molecule has 8 heteroatoms. The normalized spacial score (nSPS) is 16.0. The zero-order valence-electron chi connectivity index (χ0n) is 16.8. The first kappa shape index (κ1) is 20.7. The maximum absolute atomic E-state index is 13.1. The van der Waals surface area contributed by atoms with Crippen LogP contribution in [0.4, 0.5) is 5.69 Å². The van der Waals surface area contributed by atoms with E-state index in [1.807, 2.05) is 51.6 Å². The average molecular weight is 438 g/mol. The molecule has 2 aromatic heterocycles. The first-order valence-corrected chi connectivity index (χ1v) is 11.7. The molecule has 30 heavy (non-hydrogen) atoms. The molecule has 4 rings (SSSR count). The van der Waals surface area contributed by atoms with E-state index in [1.165, 1.54) is 11.8 Å². The Bertz CT molecular complexity index is 1040. The highest BCUT2D eigenvalue weighted by molar-refractivity contribution is 8.00. The largest absolute Gasteiger partial charge is 0.311 e. The quantitative estimate of drug-likeness (QED) is 0.417. The van der Waals surface area contributed by atoms with Crippen molar-refractivity contribution >= 4 is 35.1 Å². The van der Waals surface area contributed by atoms with Crippen LogP contribution in [0.1, 0.15) is 13.3 Å². The number of benzene rings is 1. The lowest BCUT2D eigenvalue weighted by molar-refractivity contribution is -0.116. The summed E-state index contributed by atoms with van der Waals surface area (Å²) < 4.78 is 1.97. The molecule has 0 N–H and O–H groups in total. The molecule has 3 heterocycles. The van der Waals surface area contributed by atoms with E-state index in [0.29, 0.717) is 22.7 Å². The Morgan fingerprint density at radius 3 is 2.97 bits per heavy atom. The highest BCUT2D eigenvalue weighted by atomic mass is 32.2. The molecule has 6 nitrogen and oxygen atoms in total. The summed E-state index contributed by atoms with van der Waals surface area (Å²) in [6, 6.07) is 12.0. The van der Waals surface area contributed by atoms with Crippen LogP contribution < -0.4 is 4.90 Å². The molecular weight excluding hydrogens is 414 g/mol. The number of aromatic nitrogens is 4. The molecule has 154 valence electrons. The van der Waals surface area contributed by atoms with Gasteiger partial charge < -0.3 is 4.90 Å². The Balaban J connectivity index is 1.53. The molecule has 1 aliphatic heterocycles. The molecule has 0 spiro atoms. The molecule has 0 unspecified atom stereocenters. The van der Waals surface area contributed by atoms with Crippen LogP contribution in [-0.2, 0) is 11.3 Å². The van der Waals surface area contributed by atoms with Gasteiger partial charge in [-0.1, -0.05) is 36.9 Å². The van der Waals surface area contributed by atoms with E-state index in [1.54, 1.807) is 18.5 Å². The third-order valence-corrected chi connectivity index (χ3v) is 7.01. The van der Waals surface area contributed by atoms with Gasteiger partial charge in [0.25, 0.3) is 0 Å². The van der Waals surface area contributed by atoms with E-state index in [-0.39, 0.29) is 5.91 Å². The van der Waals surface area contributed by atoms with E-state index in [4.69, 9.17) is 0 Å². The number of fused-ring (bicyclic) bond motifs is 1. The number of anilines is 1.